The highest BCUT2D eigenvalue weighted by Gasteiger charge is 0.736. The van der Waals surface area contributed by atoms with Crippen LogP contribution >= 0.6 is 0 Å². The maximum atomic E-state index is 6.50. The molecule has 42 valence electrons. The first-order valence-electron chi connectivity index (χ1n) is 0.775. The van der Waals surface area contributed by atoms with Gasteiger partial charge in [-0.25, -0.2) is 17.7 Å². The fraction of sp³-hybridized carbons (Fsp3) is 0. The maximum absolute atomic E-state index is 6.50. The highest BCUT2D eigenvalue weighted by molar-refractivity contribution is 2.78. The second-order valence-corrected chi connectivity index (χ2v) is 0. The van der Waals surface area contributed by atoms with Crippen molar-refractivity contribution in [1.82, 2.24) is 0 Å². The SMILES string of the molecule is NO.NO.NO. The molecule has 0 aliphatic rings. The average Bonchev–Trinajstić information content (AvgIpc) is 1.81. The van der Waals surface area contributed by atoms with E-state index in [1.807, 2.05) is 0 Å². The molecule has 9 N–H and O–H groups in total. The minimum Gasteiger partial charge on any atom is -0.320 e. The number of hydrogen-bond donors (Lipinski definition) is 6. The lowest BCUT2D eigenvalue weighted by Crippen LogP contribution is -1.72. The molecular weight excluding hydrogens is 90.0 g/mol. The number of hydrogen-bond acceptors (Lipinski definition) is 6. The number of nitrogens with two attached hydrogens (primary N) is 3. The standard InChI is InChI=1S/3H3NO/c3*1-2/h3*2H,1H2. The van der Waals surface area contributed by atoms with Crippen LogP contribution in [0.4, 0.5) is 0 Å². The summed E-state index contributed by atoms with van der Waals surface area (Å²) in [6, 6.07) is 0. The van der Waals surface area contributed by atoms with Gasteiger partial charge in [0.2, 0.25) is 0 Å². The molecule has 6 nitrogen and oxygen atoms in total. The Balaban J connectivity index is -0.0000000225. The lowest BCUT2D eigenvalue weighted by Gasteiger charge is -1.27. The third kappa shape index (κ3) is 497. The van der Waals surface area contributed by atoms with E-state index in [2.05, 4.69) is 17.7 Å². The Hall–Kier alpha value is -0.240. The quantitative estimate of drug-likeness (QED) is 0.194. The Bertz CT molecular complexity index is 6.00. The molecule has 6 heavy (non-hydrogen) atoms. The van der Waals surface area contributed by atoms with Crippen LogP contribution in [-0.4, -0.2) is 15.6 Å². The molecule has 0 unspecified atom stereocenters. The summed E-state index contributed by atoms with van der Waals surface area (Å²) >= 11 is 0. The molecule has 0 heterocycles. The predicted molar refractivity (Wildman–Crippen MR) is 17.9 cm³/mol. The Kier molecular flexibility index (Phi) is 3340. The van der Waals surface area contributed by atoms with Crippen LogP contribution in [0.1, 0.15) is 0 Å². The summed E-state index contributed by atoms with van der Waals surface area (Å²) in [5, 5.41) is 19.5. The molecule has 0 aromatic heterocycles. The molecule has 0 spiro atoms. The first-order chi connectivity index (χ1) is 3.00. The van der Waals surface area contributed by atoms with Gasteiger partial charge in [-0.15, -0.1) is 0 Å². The van der Waals surface area contributed by atoms with Gasteiger partial charge in [-0.3, -0.25) is 0 Å². The lowest BCUT2D eigenvalue weighted by atomic mass is 13.6. The Morgan fingerprint density at radius 2 is 0.500 bits per heavy atom. The van der Waals surface area contributed by atoms with Crippen LogP contribution in [0.2, 0.25) is 0 Å². The van der Waals surface area contributed by atoms with Gasteiger partial charge in [0, 0.05) is 0 Å². The van der Waals surface area contributed by atoms with E-state index >= 15 is 0 Å². The zero-order valence-corrected chi connectivity index (χ0v) is 3.07. The third-order valence-electron chi connectivity index (χ3n) is 0. The Morgan fingerprint density at radius 3 is 0.500 bits per heavy atom. The fourth-order valence-electron chi connectivity index (χ4n) is 0. The Morgan fingerprint density at radius 1 is 0.500 bits per heavy atom. The second kappa shape index (κ2) is 1170. The van der Waals surface area contributed by atoms with E-state index < -0.39 is 0 Å². The molecule has 6 heteroatoms. The van der Waals surface area contributed by atoms with Gasteiger partial charge in [0.05, 0.1) is 0 Å². The molecule has 0 aliphatic heterocycles. The van der Waals surface area contributed by atoms with Crippen molar-refractivity contribution in [3.8, 4) is 0 Å². The van der Waals surface area contributed by atoms with E-state index in [0.29, 0.717) is 0 Å². The summed E-state index contributed by atoms with van der Waals surface area (Å²) in [7, 11) is 0. The van der Waals surface area contributed by atoms with Gasteiger partial charge in [0.15, 0.2) is 0 Å². The molecule has 0 fully saturated rings. The molecule has 0 aromatic rings. The van der Waals surface area contributed by atoms with Crippen molar-refractivity contribution in [3.63, 3.8) is 0 Å². The van der Waals surface area contributed by atoms with Crippen molar-refractivity contribution in [2.45, 2.75) is 0 Å². The summed E-state index contributed by atoms with van der Waals surface area (Å²) in [5.74, 6) is 10.5. The summed E-state index contributed by atoms with van der Waals surface area (Å²) in [4.78, 5) is 0. The summed E-state index contributed by atoms with van der Waals surface area (Å²) in [6.45, 7) is 0. The van der Waals surface area contributed by atoms with Crippen LogP contribution in [-0.2, 0) is 0 Å². The highest BCUT2D eigenvalue weighted by Crippen LogP contribution is 0.414. The predicted octanol–water partition coefficient (Wildman–Crippen LogP) is -2.00. The summed E-state index contributed by atoms with van der Waals surface area (Å²) < 4.78 is 0. The zero-order valence-electron chi connectivity index (χ0n) is 3.07. The van der Waals surface area contributed by atoms with E-state index in [1.165, 1.54) is 0 Å². The van der Waals surface area contributed by atoms with Crippen LogP contribution in [0.15, 0.2) is 0 Å². The third-order valence-corrected chi connectivity index (χ3v) is 0. The van der Waals surface area contributed by atoms with E-state index in [9.17, 15) is 0 Å². The van der Waals surface area contributed by atoms with Gasteiger partial charge >= 0.3 is 0 Å². The highest BCUT2D eigenvalue weighted by atomic mass is 16.4. The van der Waals surface area contributed by atoms with Crippen LogP contribution in [0.25, 0.3) is 0 Å². The first kappa shape index (κ1) is 17.1. The van der Waals surface area contributed by atoms with Crippen molar-refractivity contribution in [3.05, 3.63) is 0 Å². The molecule has 0 atom stereocenters. The topological polar surface area (TPSA) is 139 Å². The molecule has 0 amide bonds. The number of rotatable bonds is 0. The van der Waals surface area contributed by atoms with Crippen molar-refractivity contribution in [1.29, 1.82) is 0 Å². The van der Waals surface area contributed by atoms with Crippen molar-refractivity contribution in [2.75, 3.05) is 0 Å². The molecule has 0 saturated heterocycles. The minimum absolute atomic E-state index is 3.50. The van der Waals surface area contributed by atoms with Gasteiger partial charge in [-0.05, 0) is 0 Å². The lowest BCUT2D eigenvalue weighted by molar-refractivity contribution is 0.311. The average molecular weight is 99.1 g/mol. The van der Waals surface area contributed by atoms with Crippen molar-refractivity contribution in [2.24, 2.45) is 17.7 Å². The van der Waals surface area contributed by atoms with E-state index in [4.69, 9.17) is 15.6 Å². The van der Waals surface area contributed by atoms with Crippen LogP contribution in [0, 0.1) is 0 Å². The first-order valence-corrected chi connectivity index (χ1v) is 0.775. The molecule has 0 radical (unpaired) electrons. The zero-order chi connectivity index (χ0) is 6.00. The van der Waals surface area contributed by atoms with E-state index in [0.717, 1.165) is 0 Å². The Labute approximate surface area is 34.7 Å². The monoisotopic (exact) mass is 99.1 g/mol. The fourth-order valence-corrected chi connectivity index (χ4v) is 0. The van der Waals surface area contributed by atoms with Crippen molar-refractivity contribution < 1.29 is 15.6 Å². The molecule has 0 aromatic carbocycles. The van der Waals surface area contributed by atoms with Gasteiger partial charge in [-0.2, -0.15) is 0 Å². The normalized spacial score (nSPS) is 3.00. The van der Waals surface area contributed by atoms with Crippen LogP contribution < -0.4 is 17.7 Å². The molecule has 0 rings (SSSR count). The van der Waals surface area contributed by atoms with Gasteiger partial charge in [-0.1, -0.05) is 0 Å². The van der Waals surface area contributed by atoms with Gasteiger partial charge in [0.25, 0.3) is 0 Å². The van der Waals surface area contributed by atoms with Crippen LogP contribution in [0.5, 0.6) is 0 Å². The molecule has 0 aliphatic carbocycles. The van der Waals surface area contributed by atoms with Gasteiger partial charge < -0.3 is 15.6 Å². The molecular formula is H9N3O3. The minimum atomic E-state index is 3.50. The maximum Gasteiger partial charge on any atom is -0.219 e. The second-order valence-electron chi connectivity index (χ2n) is 0. The van der Waals surface area contributed by atoms with E-state index in [-0.39, 0.29) is 0 Å². The molecule has 0 bridgehead atoms. The smallest absolute Gasteiger partial charge is 0.219 e. The van der Waals surface area contributed by atoms with Crippen LogP contribution in [0.3, 0.4) is 0 Å². The molecule has 0 saturated carbocycles. The van der Waals surface area contributed by atoms with E-state index in [1.54, 1.807) is 0 Å². The summed E-state index contributed by atoms with van der Waals surface area (Å²) in [5.41, 5.74) is 0. The van der Waals surface area contributed by atoms with Gasteiger partial charge in [0.1, 0.15) is 0 Å². The largest absolute Gasteiger partial charge is 0.320 e. The van der Waals surface area contributed by atoms with Crippen molar-refractivity contribution >= 4 is 0 Å². The summed E-state index contributed by atoms with van der Waals surface area (Å²) in [6.07, 6.45) is 0.